The van der Waals surface area contributed by atoms with Crippen LogP contribution in [0.1, 0.15) is 83.9 Å². The Morgan fingerprint density at radius 3 is 2.41 bits per heavy atom. The van der Waals surface area contributed by atoms with Gasteiger partial charge >= 0.3 is 0 Å². The Bertz CT molecular complexity index is 881. The highest BCUT2D eigenvalue weighted by molar-refractivity contribution is 7.97. The summed E-state index contributed by atoms with van der Waals surface area (Å²) in [6.45, 7) is 19.8. The molecule has 0 aromatic heterocycles. The van der Waals surface area contributed by atoms with Crippen LogP contribution in [0.2, 0.25) is 0 Å². The molecule has 1 aliphatic heterocycles. The molecule has 208 valence electrons. The van der Waals surface area contributed by atoms with E-state index in [1.807, 2.05) is 32.8 Å². The first-order chi connectivity index (χ1) is 17.9. The Morgan fingerprint density at radius 1 is 1.14 bits per heavy atom. The van der Waals surface area contributed by atoms with Gasteiger partial charge in [-0.25, -0.2) is 4.31 Å². The molecule has 0 amide bonds. The number of hydrogen-bond donors (Lipinski definition) is 1. The summed E-state index contributed by atoms with van der Waals surface area (Å²) in [6.07, 6.45) is 9.46. The van der Waals surface area contributed by atoms with Crippen molar-refractivity contribution in [3.8, 4) is 0 Å². The van der Waals surface area contributed by atoms with Gasteiger partial charge < -0.3 is 10.2 Å². The summed E-state index contributed by atoms with van der Waals surface area (Å²) in [5, 5.41) is 4.20. The second kappa shape index (κ2) is 17.4. The van der Waals surface area contributed by atoms with Crippen LogP contribution in [0, 0.1) is 5.92 Å². The molecule has 2 fully saturated rings. The summed E-state index contributed by atoms with van der Waals surface area (Å²) >= 11 is 7.70. The molecule has 3 rings (SSSR count). The summed E-state index contributed by atoms with van der Waals surface area (Å²) in [5.41, 5.74) is 6.70. The van der Waals surface area contributed by atoms with Gasteiger partial charge in [0.15, 0.2) is 0 Å². The molecule has 1 saturated heterocycles. The first-order valence-corrected chi connectivity index (χ1v) is 15.8. The molecule has 1 aliphatic carbocycles. The van der Waals surface area contributed by atoms with E-state index in [9.17, 15) is 0 Å². The molecule has 0 bridgehead atoms. The lowest BCUT2D eigenvalue weighted by Gasteiger charge is -2.34. The van der Waals surface area contributed by atoms with E-state index < -0.39 is 0 Å². The van der Waals surface area contributed by atoms with Gasteiger partial charge in [0, 0.05) is 56.7 Å². The highest BCUT2D eigenvalue weighted by Crippen LogP contribution is 2.31. The third-order valence-electron chi connectivity index (χ3n) is 7.00. The molecule has 0 atom stereocenters. The van der Waals surface area contributed by atoms with Gasteiger partial charge in [-0.3, -0.25) is 4.99 Å². The lowest BCUT2D eigenvalue weighted by atomic mass is 9.95. The van der Waals surface area contributed by atoms with Crippen molar-refractivity contribution < 1.29 is 0 Å². The van der Waals surface area contributed by atoms with Crippen molar-refractivity contribution in [3.63, 3.8) is 0 Å². The Morgan fingerprint density at radius 2 is 1.81 bits per heavy atom. The highest BCUT2D eigenvalue weighted by Gasteiger charge is 2.25. The molecule has 1 N–H and O–H groups in total. The quantitative estimate of drug-likeness (QED) is 0.0940. The van der Waals surface area contributed by atoms with E-state index in [1.54, 1.807) is 0 Å². The van der Waals surface area contributed by atoms with Crippen molar-refractivity contribution in [3.05, 3.63) is 46.5 Å². The fourth-order valence-electron chi connectivity index (χ4n) is 4.90. The number of rotatable bonds is 13. The number of aliphatic imine (C=N–C) groups is 1. The molecule has 37 heavy (non-hydrogen) atoms. The Kier molecular flexibility index (Phi) is 15.0. The summed E-state index contributed by atoms with van der Waals surface area (Å²) in [7, 11) is 1.89. The van der Waals surface area contributed by atoms with Crippen LogP contribution in [-0.4, -0.2) is 64.9 Å². The predicted octanol–water partition coefficient (Wildman–Crippen LogP) is 7.12. The monoisotopic (exact) mass is 544 g/mol. The summed E-state index contributed by atoms with van der Waals surface area (Å²) in [5.74, 6) is 0.648. The van der Waals surface area contributed by atoms with Crippen LogP contribution in [0.3, 0.4) is 0 Å². The van der Waals surface area contributed by atoms with Crippen molar-refractivity contribution >= 4 is 34.9 Å². The van der Waals surface area contributed by atoms with Gasteiger partial charge in [-0.15, -0.1) is 0 Å². The number of thiocarbonyl (C=S) groups is 1. The lowest BCUT2D eigenvalue weighted by molar-refractivity contribution is 0.193. The molecule has 0 spiro atoms. The van der Waals surface area contributed by atoms with Crippen molar-refractivity contribution in [2.45, 2.75) is 91.9 Å². The SMILES string of the molecule is CC.CCc1c(CCCCN2CCN(SC(C)C)CC2)cccc1CNC(=S)/C(C)=C/C(=NC)C1CC1. The number of hydrogen-bond acceptors (Lipinski definition) is 5. The number of nitrogens with zero attached hydrogens (tertiary/aromatic N) is 3. The zero-order valence-corrected chi connectivity index (χ0v) is 26.2. The number of unbranched alkanes of at least 4 members (excludes halogenated alkanes) is 1. The number of benzene rings is 1. The van der Waals surface area contributed by atoms with E-state index in [-0.39, 0.29) is 0 Å². The molecule has 1 aromatic rings. The first-order valence-electron chi connectivity index (χ1n) is 14.6. The standard InChI is InChI=1S/C29H46N4S2.C2H6/c1-6-27-24(10-7-8-15-32-16-18-33(19-17-32)35-22(2)3)11-9-12-26(27)21-31-29(34)23(4)20-28(30-5)25-13-14-25;1-2/h9,11-12,20,22,25H,6-8,10,13-19,21H2,1-5H3,(H,31,34);1-2H3/b23-20+,30-28?;. The average molecular weight is 545 g/mol. The smallest absolute Gasteiger partial charge is 0.102 e. The van der Waals surface area contributed by atoms with Crippen LogP contribution in [0.5, 0.6) is 0 Å². The Labute approximate surface area is 237 Å². The van der Waals surface area contributed by atoms with Gasteiger partial charge in [0.05, 0.1) is 0 Å². The minimum absolute atomic E-state index is 0.648. The number of nitrogens with one attached hydrogen (secondary N) is 1. The number of piperazine rings is 1. The van der Waals surface area contributed by atoms with Crippen molar-refractivity contribution in [1.29, 1.82) is 0 Å². The van der Waals surface area contributed by atoms with E-state index in [0.717, 1.165) is 23.5 Å². The van der Waals surface area contributed by atoms with Gasteiger partial charge in [0.25, 0.3) is 0 Å². The maximum Gasteiger partial charge on any atom is 0.102 e. The number of aryl methyl sites for hydroxylation is 1. The maximum absolute atomic E-state index is 5.69. The van der Waals surface area contributed by atoms with E-state index in [0.29, 0.717) is 11.2 Å². The second-order valence-corrected chi connectivity index (χ2v) is 12.3. The maximum atomic E-state index is 5.69. The van der Waals surface area contributed by atoms with E-state index >= 15 is 0 Å². The molecule has 1 heterocycles. The normalized spacial score (nSPS) is 17.5. The van der Waals surface area contributed by atoms with Crippen LogP contribution < -0.4 is 5.32 Å². The van der Waals surface area contributed by atoms with Crippen LogP contribution in [-0.2, 0) is 19.4 Å². The third kappa shape index (κ3) is 11.2. The van der Waals surface area contributed by atoms with Crippen LogP contribution in [0.15, 0.2) is 34.8 Å². The molecule has 6 heteroatoms. The second-order valence-electron chi connectivity index (χ2n) is 10.2. The fourth-order valence-corrected chi connectivity index (χ4v) is 6.00. The van der Waals surface area contributed by atoms with Crippen molar-refractivity contribution in [2.24, 2.45) is 10.9 Å². The number of allylic oxidation sites excluding steroid dienone is 1. The van der Waals surface area contributed by atoms with E-state index in [1.165, 1.54) is 87.2 Å². The summed E-state index contributed by atoms with van der Waals surface area (Å²) < 4.78 is 2.54. The van der Waals surface area contributed by atoms with Crippen LogP contribution in [0.4, 0.5) is 0 Å². The molecular weight excluding hydrogens is 493 g/mol. The van der Waals surface area contributed by atoms with E-state index in [4.69, 9.17) is 12.2 Å². The van der Waals surface area contributed by atoms with Gasteiger partial charge in [-0.1, -0.05) is 77.0 Å². The molecule has 0 radical (unpaired) electrons. The third-order valence-corrected chi connectivity index (χ3v) is 8.55. The fraction of sp³-hybridized carbons (Fsp3) is 0.677. The first kappa shape index (κ1) is 32.0. The largest absolute Gasteiger partial charge is 0.372 e. The lowest BCUT2D eigenvalue weighted by Crippen LogP contribution is -2.44. The molecule has 2 aliphatic rings. The molecule has 4 nitrogen and oxygen atoms in total. The van der Waals surface area contributed by atoms with Crippen LogP contribution in [0.25, 0.3) is 0 Å². The van der Waals surface area contributed by atoms with E-state index in [2.05, 4.69) is 71.5 Å². The molecule has 0 unspecified atom stereocenters. The molecule has 1 saturated carbocycles. The van der Waals surface area contributed by atoms with Crippen LogP contribution >= 0.6 is 24.2 Å². The summed E-state index contributed by atoms with van der Waals surface area (Å²) in [4.78, 5) is 7.94. The molecular formula is C31H52N4S2. The Hall–Kier alpha value is -1.21. The Balaban J connectivity index is 0.00000235. The zero-order chi connectivity index (χ0) is 27.2. The minimum atomic E-state index is 0.648. The molecule has 1 aromatic carbocycles. The van der Waals surface area contributed by atoms with Gasteiger partial charge in [0.1, 0.15) is 4.99 Å². The van der Waals surface area contributed by atoms with Gasteiger partial charge in [-0.2, -0.15) is 0 Å². The van der Waals surface area contributed by atoms with Crippen molar-refractivity contribution in [2.75, 3.05) is 39.8 Å². The van der Waals surface area contributed by atoms with Crippen molar-refractivity contribution in [1.82, 2.24) is 14.5 Å². The van der Waals surface area contributed by atoms with Gasteiger partial charge in [-0.05, 0) is 80.3 Å². The van der Waals surface area contributed by atoms with Gasteiger partial charge in [0.2, 0.25) is 0 Å². The average Bonchev–Trinajstić information content (AvgIpc) is 3.75. The zero-order valence-electron chi connectivity index (χ0n) is 24.6. The highest BCUT2D eigenvalue weighted by atomic mass is 32.2. The minimum Gasteiger partial charge on any atom is -0.372 e. The predicted molar refractivity (Wildman–Crippen MR) is 170 cm³/mol. The summed E-state index contributed by atoms with van der Waals surface area (Å²) in [6, 6.07) is 6.81. The topological polar surface area (TPSA) is 30.9 Å².